The van der Waals surface area contributed by atoms with Gasteiger partial charge in [0.1, 0.15) is 0 Å². The van der Waals surface area contributed by atoms with Gasteiger partial charge in [0.05, 0.1) is 22.1 Å². The van der Waals surface area contributed by atoms with Crippen LogP contribution in [0.25, 0.3) is 87.3 Å². The molecule has 0 bridgehead atoms. The normalized spacial score (nSPS) is 12.1. The Morgan fingerprint density at radius 2 is 0.750 bits per heavy atom. The second-order valence-corrected chi connectivity index (χ2v) is 11.7. The molecule has 0 fully saturated rings. The zero-order chi connectivity index (χ0) is 28.8. The lowest BCUT2D eigenvalue weighted by Gasteiger charge is -2.14. The lowest BCUT2D eigenvalue weighted by Crippen LogP contribution is -1.98. The summed E-state index contributed by atoms with van der Waals surface area (Å²) in [5, 5.41) is 12.8. The van der Waals surface area contributed by atoms with Gasteiger partial charge in [-0.2, -0.15) is 0 Å². The highest BCUT2D eigenvalue weighted by Crippen LogP contribution is 2.44. The van der Waals surface area contributed by atoms with Gasteiger partial charge in [-0.3, -0.25) is 0 Å². The number of hydrogen-bond donors (Lipinski definition) is 0. The van der Waals surface area contributed by atoms with Crippen LogP contribution in [0, 0.1) is 0 Å². The first-order valence-corrected chi connectivity index (χ1v) is 15.2. The molecule has 0 atom stereocenters. The molecular formula is C42H26N2. The number of benzene rings is 8. The molecule has 0 N–H and O–H groups in total. The number of nitrogens with zero attached hydrogens (tertiary/aromatic N) is 2. The van der Waals surface area contributed by atoms with Crippen LogP contribution in [0.15, 0.2) is 158 Å². The van der Waals surface area contributed by atoms with Crippen LogP contribution >= 0.6 is 0 Å². The third-order valence-electron chi connectivity index (χ3n) is 9.47. The van der Waals surface area contributed by atoms with Crippen molar-refractivity contribution in [3.05, 3.63) is 158 Å². The van der Waals surface area contributed by atoms with Gasteiger partial charge < -0.3 is 9.13 Å². The number of aromatic nitrogens is 2. The first-order chi connectivity index (χ1) is 21.9. The van der Waals surface area contributed by atoms with Crippen molar-refractivity contribution in [3.8, 4) is 11.4 Å². The highest BCUT2D eigenvalue weighted by Gasteiger charge is 2.20. The fraction of sp³-hybridized carbons (Fsp3) is 0. The molecule has 0 unspecified atom stereocenters. The average molecular weight is 559 g/mol. The van der Waals surface area contributed by atoms with Crippen LogP contribution in [0.4, 0.5) is 0 Å². The van der Waals surface area contributed by atoms with Crippen LogP contribution in [0.2, 0.25) is 0 Å². The minimum absolute atomic E-state index is 1.16. The monoisotopic (exact) mass is 558 g/mol. The fourth-order valence-electron chi connectivity index (χ4n) is 7.65. The number of rotatable bonds is 2. The molecule has 0 aliphatic heterocycles. The molecule has 2 nitrogen and oxygen atoms in total. The van der Waals surface area contributed by atoms with Crippen molar-refractivity contribution in [2.45, 2.75) is 0 Å². The van der Waals surface area contributed by atoms with E-state index in [4.69, 9.17) is 0 Å². The molecule has 0 amide bonds. The lowest BCUT2D eigenvalue weighted by atomic mass is 9.96. The van der Waals surface area contributed by atoms with E-state index in [1.165, 1.54) is 75.9 Å². The molecular weight excluding hydrogens is 532 g/mol. The summed E-state index contributed by atoms with van der Waals surface area (Å²) in [6, 6.07) is 57.7. The van der Waals surface area contributed by atoms with Gasteiger partial charge in [0, 0.05) is 43.7 Å². The smallest absolute Gasteiger partial charge is 0.0626 e. The molecule has 2 aromatic heterocycles. The third-order valence-corrected chi connectivity index (χ3v) is 9.47. The first kappa shape index (κ1) is 23.7. The molecule has 0 radical (unpaired) electrons. The molecule has 0 aliphatic rings. The van der Waals surface area contributed by atoms with Crippen molar-refractivity contribution in [2.24, 2.45) is 0 Å². The predicted octanol–water partition coefficient (Wildman–Crippen LogP) is 11.3. The minimum atomic E-state index is 1.16. The van der Waals surface area contributed by atoms with Gasteiger partial charge in [-0.15, -0.1) is 0 Å². The quantitative estimate of drug-likeness (QED) is 0.187. The Morgan fingerprint density at radius 1 is 0.273 bits per heavy atom. The summed E-state index contributed by atoms with van der Waals surface area (Å²) in [6.45, 7) is 0. The van der Waals surface area contributed by atoms with Crippen LogP contribution in [-0.4, -0.2) is 9.13 Å². The van der Waals surface area contributed by atoms with E-state index in [9.17, 15) is 0 Å². The van der Waals surface area contributed by atoms with Crippen molar-refractivity contribution in [1.82, 2.24) is 9.13 Å². The van der Waals surface area contributed by atoms with E-state index >= 15 is 0 Å². The van der Waals surface area contributed by atoms with Crippen LogP contribution in [0.3, 0.4) is 0 Å². The van der Waals surface area contributed by atoms with Crippen LogP contribution in [0.5, 0.6) is 0 Å². The molecule has 2 heteroatoms. The summed E-state index contributed by atoms with van der Waals surface area (Å²) in [5.74, 6) is 0. The molecule has 8 aromatic carbocycles. The van der Waals surface area contributed by atoms with E-state index in [0.717, 1.165) is 11.4 Å². The summed E-state index contributed by atoms with van der Waals surface area (Å²) in [6.07, 6.45) is 0. The van der Waals surface area contributed by atoms with E-state index in [1.54, 1.807) is 0 Å². The van der Waals surface area contributed by atoms with E-state index in [0.29, 0.717) is 0 Å². The Labute approximate surface area is 253 Å². The summed E-state index contributed by atoms with van der Waals surface area (Å²) < 4.78 is 4.90. The zero-order valence-corrected chi connectivity index (χ0v) is 23.9. The Kier molecular flexibility index (Phi) is 4.75. The third kappa shape index (κ3) is 3.09. The van der Waals surface area contributed by atoms with Crippen LogP contribution in [-0.2, 0) is 0 Å². The number of fused-ring (bicyclic) bond motifs is 13. The summed E-state index contributed by atoms with van der Waals surface area (Å²) in [7, 11) is 0. The van der Waals surface area contributed by atoms with E-state index in [2.05, 4.69) is 167 Å². The van der Waals surface area contributed by atoms with Gasteiger partial charge in [-0.25, -0.2) is 0 Å². The van der Waals surface area contributed by atoms with Gasteiger partial charge in [0.2, 0.25) is 0 Å². The topological polar surface area (TPSA) is 9.86 Å². The lowest BCUT2D eigenvalue weighted by molar-refractivity contribution is 1.15. The molecule has 0 aliphatic carbocycles. The van der Waals surface area contributed by atoms with Gasteiger partial charge >= 0.3 is 0 Å². The van der Waals surface area contributed by atoms with Crippen molar-refractivity contribution in [3.63, 3.8) is 0 Å². The van der Waals surface area contributed by atoms with Crippen LogP contribution in [0.1, 0.15) is 0 Å². The number of hydrogen-bond acceptors (Lipinski definition) is 0. The highest BCUT2D eigenvalue weighted by atomic mass is 15.0. The van der Waals surface area contributed by atoms with Gasteiger partial charge in [0.25, 0.3) is 0 Å². The SMILES string of the molecule is c1ccc2c(c1)ccc1c3c4ccccc4c4ccccc4c3n(-c3ccc(-n4c5ccccc5c5ccccc54)cc3)c21. The van der Waals surface area contributed by atoms with Crippen molar-refractivity contribution in [1.29, 1.82) is 0 Å². The molecule has 204 valence electrons. The standard InChI is InChI=1S/C42H26N2/c1-2-12-30-27(11-1)21-26-37-40-35-17-5-3-13-31(35)32-14-4-6-18-36(32)42(40)44(41(30)37)29-24-22-28(23-25-29)43-38-19-9-7-15-33(38)34-16-8-10-20-39(34)43/h1-26H. The Bertz CT molecular complexity index is 2700. The fourth-order valence-corrected chi connectivity index (χ4v) is 7.65. The van der Waals surface area contributed by atoms with Gasteiger partial charge in [-0.05, 0) is 57.9 Å². The molecule has 0 saturated heterocycles. The maximum Gasteiger partial charge on any atom is 0.0626 e. The van der Waals surface area contributed by atoms with Crippen LogP contribution < -0.4 is 0 Å². The maximum absolute atomic E-state index is 2.51. The largest absolute Gasteiger partial charge is 0.309 e. The van der Waals surface area contributed by atoms with Crippen molar-refractivity contribution in [2.75, 3.05) is 0 Å². The first-order valence-electron chi connectivity index (χ1n) is 15.2. The molecule has 10 rings (SSSR count). The second-order valence-electron chi connectivity index (χ2n) is 11.7. The molecule has 0 saturated carbocycles. The Balaban J connectivity index is 1.34. The zero-order valence-electron chi connectivity index (χ0n) is 23.9. The minimum Gasteiger partial charge on any atom is -0.309 e. The van der Waals surface area contributed by atoms with Gasteiger partial charge in [0.15, 0.2) is 0 Å². The van der Waals surface area contributed by atoms with Crippen molar-refractivity contribution >= 4 is 75.9 Å². The number of para-hydroxylation sites is 2. The summed E-state index contributed by atoms with van der Waals surface area (Å²) in [4.78, 5) is 0. The molecule has 2 heterocycles. The van der Waals surface area contributed by atoms with Crippen molar-refractivity contribution < 1.29 is 0 Å². The average Bonchev–Trinajstić information content (AvgIpc) is 3.63. The summed E-state index contributed by atoms with van der Waals surface area (Å²) >= 11 is 0. The Morgan fingerprint density at radius 3 is 1.41 bits per heavy atom. The predicted molar refractivity (Wildman–Crippen MR) is 188 cm³/mol. The van der Waals surface area contributed by atoms with E-state index < -0.39 is 0 Å². The molecule has 0 spiro atoms. The van der Waals surface area contributed by atoms with E-state index in [-0.39, 0.29) is 0 Å². The maximum atomic E-state index is 2.51. The van der Waals surface area contributed by atoms with Gasteiger partial charge in [-0.1, -0.05) is 121 Å². The summed E-state index contributed by atoms with van der Waals surface area (Å²) in [5.41, 5.74) is 7.28. The molecule has 44 heavy (non-hydrogen) atoms. The highest BCUT2D eigenvalue weighted by molar-refractivity contribution is 6.34. The van der Waals surface area contributed by atoms with E-state index in [1.807, 2.05) is 0 Å². The second kappa shape index (κ2) is 8.82. The Hall–Kier alpha value is -5.86. The molecule has 10 aromatic rings.